The first-order valence-electron chi connectivity index (χ1n) is 6.20. The summed E-state index contributed by atoms with van der Waals surface area (Å²) in [7, 11) is 0.989. The maximum Gasteiger partial charge on any atom is 0.451 e. The summed E-state index contributed by atoms with van der Waals surface area (Å²) in [6, 6.07) is 3.12. The average Bonchev–Trinajstić information content (AvgIpc) is 2.76. The molecule has 0 fully saturated rings. The zero-order valence-corrected chi connectivity index (χ0v) is 11.5. The smallest absolute Gasteiger partial charge is 0.350 e. The summed E-state index contributed by atoms with van der Waals surface area (Å²) in [5, 5.41) is 5.70. The van der Waals surface area contributed by atoms with Crippen molar-refractivity contribution in [3.05, 3.63) is 46.4 Å². The SMILES string of the molecule is Cn1c(C(F)(F)F)nn(CCNC(=O)c2cccnc2)c1=O. The summed E-state index contributed by atoms with van der Waals surface area (Å²) in [6.07, 6.45) is -1.86. The molecule has 0 unspecified atom stereocenters. The van der Waals surface area contributed by atoms with E-state index in [4.69, 9.17) is 0 Å². The Morgan fingerprint density at radius 2 is 2.14 bits per heavy atom. The van der Waals surface area contributed by atoms with Gasteiger partial charge in [-0.1, -0.05) is 0 Å². The van der Waals surface area contributed by atoms with Crippen LogP contribution < -0.4 is 11.0 Å². The molecule has 0 aliphatic heterocycles. The van der Waals surface area contributed by atoms with Crippen LogP contribution in [0.5, 0.6) is 0 Å². The molecule has 0 saturated heterocycles. The van der Waals surface area contributed by atoms with Gasteiger partial charge in [-0.2, -0.15) is 13.2 Å². The van der Waals surface area contributed by atoms with Crippen LogP contribution in [-0.4, -0.2) is 31.8 Å². The Bertz CT molecular complexity index is 721. The zero-order chi connectivity index (χ0) is 16.3. The minimum Gasteiger partial charge on any atom is -0.350 e. The molecule has 0 bridgehead atoms. The van der Waals surface area contributed by atoms with Crippen LogP contribution in [0.4, 0.5) is 13.2 Å². The second-order valence-electron chi connectivity index (χ2n) is 4.38. The van der Waals surface area contributed by atoms with Crippen molar-refractivity contribution in [3.63, 3.8) is 0 Å². The number of nitrogens with zero attached hydrogens (tertiary/aromatic N) is 4. The minimum atomic E-state index is -4.71. The summed E-state index contributed by atoms with van der Waals surface area (Å²) in [6.45, 7) is -0.212. The molecule has 0 aromatic carbocycles. The van der Waals surface area contributed by atoms with Crippen molar-refractivity contribution < 1.29 is 18.0 Å². The van der Waals surface area contributed by atoms with Gasteiger partial charge in [0, 0.05) is 26.0 Å². The lowest BCUT2D eigenvalue weighted by Crippen LogP contribution is -2.31. The third-order valence-electron chi connectivity index (χ3n) is 2.83. The first-order valence-corrected chi connectivity index (χ1v) is 6.20. The second-order valence-corrected chi connectivity index (χ2v) is 4.38. The number of halogens is 3. The molecule has 1 amide bonds. The van der Waals surface area contributed by atoms with Crippen molar-refractivity contribution in [1.82, 2.24) is 24.6 Å². The first-order chi connectivity index (χ1) is 10.3. The van der Waals surface area contributed by atoms with Crippen LogP contribution in [0.2, 0.25) is 0 Å². The third-order valence-corrected chi connectivity index (χ3v) is 2.83. The van der Waals surface area contributed by atoms with Crippen molar-refractivity contribution in [2.45, 2.75) is 12.7 Å². The predicted molar refractivity (Wildman–Crippen MR) is 69.0 cm³/mol. The van der Waals surface area contributed by atoms with Crippen LogP contribution >= 0.6 is 0 Å². The topological polar surface area (TPSA) is 81.8 Å². The fraction of sp³-hybridized carbons (Fsp3) is 0.333. The Labute approximate surface area is 122 Å². The fourth-order valence-electron chi connectivity index (χ4n) is 1.75. The first kappa shape index (κ1) is 15.7. The van der Waals surface area contributed by atoms with E-state index in [-0.39, 0.29) is 13.1 Å². The summed E-state index contributed by atoms with van der Waals surface area (Å²) >= 11 is 0. The number of alkyl halides is 3. The van der Waals surface area contributed by atoms with Crippen LogP contribution in [0.1, 0.15) is 16.2 Å². The molecule has 0 saturated carbocycles. The highest BCUT2D eigenvalue weighted by Crippen LogP contribution is 2.25. The molecule has 0 aliphatic carbocycles. The molecule has 0 atom stereocenters. The molecule has 0 spiro atoms. The number of nitrogens with one attached hydrogen (secondary N) is 1. The summed E-state index contributed by atoms with van der Waals surface area (Å²) in [5.74, 6) is -1.72. The highest BCUT2D eigenvalue weighted by molar-refractivity contribution is 5.93. The van der Waals surface area contributed by atoms with Gasteiger partial charge in [-0.15, -0.1) is 5.10 Å². The number of rotatable bonds is 4. The van der Waals surface area contributed by atoms with E-state index in [1.807, 2.05) is 0 Å². The number of carbonyl (C=O) groups is 1. The van der Waals surface area contributed by atoms with Gasteiger partial charge in [0.15, 0.2) is 0 Å². The summed E-state index contributed by atoms with van der Waals surface area (Å²) < 4.78 is 38.9. The van der Waals surface area contributed by atoms with Gasteiger partial charge in [0.2, 0.25) is 5.82 Å². The highest BCUT2D eigenvalue weighted by atomic mass is 19.4. The van der Waals surface area contributed by atoms with E-state index in [0.717, 1.165) is 7.05 Å². The predicted octanol–water partition coefficient (Wildman–Crippen LogP) is 0.426. The zero-order valence-electron chi connectivity index (χ0n) is 11.5. The molecular weight excluding hydrogens is 303 g/mol. The Kier molecular flexibility index (Phi) is 4.29. The molecule has 118 valence electrons. The molecule has 10 heteroatoms. The average molecular weight is 315 g/mol. The van der Waals surface area contributed by atoms with Crippen LogP contribution in [0.3, 0.4) is 0 Å². The molecule has 1 N–H and O–H groups in total. The van der Waals surface area contributed by atoms with E-state index in [2.05, 4.69) is 15.4 Å². The van der Waals surface area contributed by atoms with E-state index >= 15 is 0 Å². The lowest BCUT2D eigenvalue weighted by atomic mass is 10.3. The Hall–Kier alpha value is -2.65. The molecule has 0 aliphatic rings. The van der Waals surface area contributed by atoms with Gasteiger partial charge in [0.05, 0.1) is 12.1 Å². The van der Waals surface area contributed by atoms with Crippen LogP contribution in [-0.2, 0) is 19.8 Å². The molecule has 2 heterocycles. The Morgan fingerprint density at radius 3 is 2.68 bits per heavy atom. The van der Waals surface area contributed by atoms with Crippen LogP contribution in [0, 0.1) is 0 Å². The van der Waals surface area contributed by atoms with E-state index in [1.165, 1.54) is 18.5 Å². The van der Waals surface area contributed by atoms with Gasteiger partial charge >= 0.3 is 11.9 Å². The summed E-state index contributed by atoms with van der Waals surface area (Å²) in [4.78, 5) is 27.1. The molecule has 2 rings (SSSR count). The van der Waals surface area contributed by atoms with Crippen molar-refractivity contribution >= 4 is 5.91 Å². The molecule has 7 nitrogen and oxygen atoms in total. The molecule has 2 aromatic heterocycles. The largest absolute Gasteiger partial charge is 0.451 e. The van der Waals surface area contributed by atoms with Gasteiger partial charge in [0.25, 0.3) is 5.91 Å². The Balaban J connectivity index is 2.01. The van der Waals surface area contributed by atoms with Gasteiger partial charge in [0.1, 0.15) is 0 Å². The van der Waals surface area contributed by atoms with Crippen molar-refractivity contribution in [3.8, 4) is 0 Å². The van der Waals surface area contributed by atoms with Gasteiger partial charge in [-0.3, -0.25) is 14.3 Å². The van der Waals surface area contributed by atoms with Gasteiger partial charge < -0.3 is 5.32 Å². The molecule has 0 radical (unpaired) electrons. The van der Waals surface area contributed by atoms with E-state index in [1.54, 1.807) is 6.07 Å². The van der Waals surface area contributed by atoms with E-state index < -0.39 is 23.6 Å². The third kappa shape index (κ3) is 3.32. The second kappa shape index (κ2) is 6.00. The number of hydrogen-bond donors (Lipinski definition) is 1. The molecular formula is C12H12F3N5O2. The standard InChI is InChI=1S/C12H12F3N5O2/c1-19-10(12(13,14)15)18-20(11(19)22)6-5-17-9(21)8-3-2-4-16-7-8/h2-4,7H,5-6H2,1H3,(H,17,21). The minimum absolute atomic E-state index is 0.0397. The number of pyridine rings is 1. The maximum absolute atomic E-state index is 12.6. The van der Waals surface area contributed by atoms with Crippen LogP contribution in [0.25, 0.3) is 0 Å². The molecule has 22 heavy (non-hydrogen) atoms. The van der Waals surface area contributed by atoms with Crippen molar-refractivity contribution in [2.24, 2.45) is 7.05 Å². The lowest BCUT2D eigenvalue weighted by molar-refractivity contribution is -0.147. The van der Waals surface area contributed by atoms with E-state index in [9.17, 15) is 22.8 Å². The van der Waals surface area contributed by atoms with Gasteiger partial charge in [-0.25, -0.2) is 9.48 Å². The number of amides is 1. The monoisotopic (exact) mass is 315 g/mol. The van der Waals surface area contributed by atoms with Gasteiger partial charge in [-0.05, 0) is 12.1 Å². The number of carbonyl (C=O) groups excluding carboxylic acids is 1. The fourth-order valence-corrected chi connectivity index (χ4v) is 1.75. The quantitative estimate of drug-likeness (QED) is 0.887. The number of aromatic nitrogens is 4. The number of hydrogen-bond acceptors (Lipinski definition) is 4. The Morgan fingerprint density at radius 1 is 1.41 bits per heavy atom. The van der Waals surface area contributed by atoms with Crippen molar-refractivity contribution in [2.75, 3.05) is 6.54 Å². The normalized spacial score (nSPS) is 11.5. The van der Waals surface area contributed by atoms with Crippen molar-refractivity contribution in [1.29, 1.82) is 0 Å². The summed E-state index contributed by atoms with van der Waals surface area (Å²) in [5.41, 5.74) is -0.588. The molecule has 2 aromatic rings. The van der Waals surface area contributed by atoms with E-state index in [0.29, 0.717) is 14.8 Å². The lowest BCUT2D eigenvalue weighted by Gasteiger charge is -2.04. The maximum atomic E-state index is 12.6. The highest BCUT2D eigenvalue weighted by Gasteiger charge is 2.37. The van der Waals surface area contributed by atoms with Crippen LogP contribution in [0.15, 0.2) is 29.3 Å².